The van der Waals surface area contributed by atoms with Crippen molar-refractivity contribution in [2.24, 2.45) is 5.84 Å². The van der Waals surface area contributed by atoms with E-state index in [0.717, 1.165) is 12.0 Å². The lowest BCUT2D eigenvalue weighted by atomic mass is 10.0. The Bertz CT molecular complexity index is 377. The molecular weight excluding hydrogens is 268 g/mol. The third kappa shape index (κ3) is 5.34. The molecule has 1 unspecified atom stereocenters. The molecule has 0 fully saturated rings. The molecule has 0 heterocycles. The summed E-state index contributed by atoms with van der Waals surface area (Å²) in [7, 11) is 3.23. The van der Waals surface area contributed by atoms with Crippen LogP contribution in [0.25, 0.3) is 0 Å². The maximum atomic E-state index is 5.99. The van der Waals surface area contributed by atoms with Gasteiger partial charge in [-0.1, -0.05) is 17.7 Å². The third-order valence-corrected chi connectivity index (χ3v) is 3.07. The van der Waals surface area contributed by atoms with Gasteiger partial charge in [0.05, 0.1) is 25.3 Å². The van der Waals surface area contributed by atoms with Gasteiger partial charge in [-0.3, -0.25) is 11.3 Å². The minimum absolute atomic E-state index is 0.00582. The molecule has 5 nitrogen and oxygen atoms in total. The number of rotatable bonds is 9. The largest absolute Gasteiger partial charge is 0.495 e. The second kappa shape index (κ2) is 9.12. The van der Waals surface area contributed by atoms with Crippen LogP contribution < -0.4 is 16.0 Å². The zero-order valence-corrected chi connectivity index (χ0v) is 12.1. The van der Waals surface area contributed by atoms with Crippen LogP contribution in [0.5, 0.6) is 5.75 Å². The Labute approximate surface area is 118 Å². The van der Waals surface area contributed by atoms with E-state index < -0.39 is 0 Å². The van der Waals surface area contributed by atoms with E-state index in [0.29, 0.717) is 30.6 Å². The van der Waals surface area contributed by atoms with Gasteiger partial charge in [-0.05, 0) is 24.1 Å². The standard InChI is InChI=1S/C13H21ClN2O3/c1-17-7-8-19-6-5-12(16-15)10-3-4-11(14)13(9-10)18-2/h3-4,9,12,16H,5-8,15H2,1-2H3. The molecule has 1 aromatic carbocycles. The molecule has 0 saturated heterocycles. The number of nitrogens with one attached hydrogen (secondary N) is 1. The van der Waals surface area contributed by atoms with Crippen LogP contribution in [-0.2, 0) is 9.47 Å². The van der Waals surface area contributed by atoms with Gasteiger partial charge in [-0.25, -0.2) is 0 Å². The first kappa shape index (κ1) is 16.2. The van der Waals surface area contributed by atoms with Crippen molar-refractivity contribution in [3.05, 3.63) is 28.8 Å². The maximum absolute atomic E-state index is 5.99. The van der Waals surface area contributed by atoms with Gasteiger partial charge in [0.15, 0.2) is 0 Å². The number of hydrazine groups is 1. The molecule has 3 N–H and O–H groups in total. The first-order chi connectivity index (χ1) is 9.22. The van der Waals surface area contributed by atoms with Gasteiger partial charge in [-0.15, -0.1) is 0 Å². The highest BCUT2D eigenvalue weighted by molar-refractivity contribution is 6.32. The molecule has 0 aliphatic rings. The predicted molar refractivity (Wildman–Crippen MR) is 75.4 cm³/mol. The topological polar surface area (TPSA) is 65.7 Å². The lowest BCUT2D eigenvalue weighted by Crippen LogP contribution is -2.29. The minimum Gasteiger partial charge on any atom is -0.495 e. The zero-order chi connectivity index (χ0) is 14.1. The van der Waals surface area contributed by atoms with Crippen molar-refractivity contribution in [3.8, 4) is 5.75 Å². The van der Waals surface area contributed by atoms with Gasteiger partial charge in [0.2, 0.25) is 0 Å². The molecule has 1 aromatic rings. The fourth-order valence-corrected chi connectivity index (χ4v) is 1.88. The number of ether oxygens (including phenoxy) is 3. The van der Waals surface area contributed by atoms with Gasteiger partial charge in [-0.2, -0.15) is 0 Å². The molecule has 0 aliphatic heterocycles. The first-order valence-corrected chi connectivity index (χ1v) is 6.47. The SMILES string of the molecule is COCCOCCC(NN)c1ccc(Cl)c(OC)c1. The summed E-state index contributed by atoms with van der Waals surface area (Å²) in [6, 6.07) is 5.59. The van der Waals surface area contributed by atoms with E-state index in [-0.39, 0.29) is 6.04 Å². The van der Waals surface area contributed by atoms with Crippen LogP contribution in [0.4, 0.5) is 0 Å². The number of halogens is 1. The van der Waals surface area contributed by atoms with Crippen LogP contribution in [-0.4, -0.2) is 34.0 Å². The van der Waals surface area contributed by atoms with Crippen LogP contribution in [0.15, 0.2) is 18.2 Å². The highest BCUT2D eigenvalue weighted by atomic mass is 35.5. The molecule has 0 aromatic heterocycles. The minimum atomic E-state index is -0.00582. The predicted octanol–water partition coefficient (Wildman–Crippen LogP) is 1.91. The molecule has 0 aliphatic carbocycles. The number of nitrogens with two attached hydrogens (primary N) is 1. The Kier molecular flexibility index (Phi) is 7.78. The normalized spacial score (nSPS) is 12.4. The number of methoxy groups -OCH3 is 2. The van der Waals surface area contributed by atoms with Crippen molar-refractivity contribution in [2.45, 2.75) is 12.5 Å². The molecule has 19 heavy (non-hydrogen) atoms. The molecular formula is C13H21ClN2O3. The highest BCUT2D eigenvalue weighted by Crippen LogP contribution is 2.28. The molecule has 0 amide bonds. The summed E-state index contributed by atoms with van der Waals surface area (Å²) in [4.78, 5) is 0. The number of hydrogen-bond donors (Lipinski definition) is 2. The molecule has 108 valence electrons. The summed E-state index contributed by atoms with van der Waals surface area (Å²) in [6.07, 6.45) is 0.755. The second-order valence-electron chi connectivity index (χ2n) is 4.01. The lowest BCUT2D eigenvalue weighted by molar-refractivity contribution is 0.0657. The monoisotopic (exact) mass is 288 g/mol. The van der Waals surface area contributed by atoms with Crippen LogP contribution in [0.3, 0.4) is 0 Å². The molecule has 1 atom stereocenters. The smallest absolute Gasteiger partial charge is 0.137 e. The quantitative estimate of drug-likeness (QED) is 0.413. The maximum Gasteiger partial charge on any atom is 0.137 e. The van der Waals surface area contributed by atoms with E-state index in [1.807, 2.05) is 12.1 Å². The van der Waals surface area contributed by atoms with Crippen molar-refractivity contribution in [3.63, 3.8) is 0 Å². The molecule has 0 bridgehead atoms. The Morgan fingerprint density at radius 1 is 1.26 bits per heavy atom. The molecule has 6 heteroatoms. The Hall–Kier alpha value is -0.850. The van der Waals surface area contributed by atoms with Crippen LogP contribution in [0, 0.1) is 0 Å². The fraction of sp³-hybridized carbons (Fsp3) is 0.538. The van der Waals surface area contributed by atoms with Crippen molar-refractivity contribution in [1.29, 1.82) is 0 Å². The fourth-order valence-electron chi connectivity index (χ4n) is 1.68. The van der Waals surface area contributed by atoms with E-state index >= 15 is 0 Å². The van der Waals surface area contributed by atoms with Gasteiger partial charge in [0, 0.05) is 19.8 Å². The summed E-state index contributed by atoms with van der Waals surface area (Å²) in [6.45, 7) is 1.77. The summed E-state index contributed by atoms with van der Waals surface area (Å²) in [5.74, 6) is 6.21. The molecule has 1 rings (SSSR count). The Balaban J connectivity index is 2.54. The van der Waals surface area contributed by atoms with Crippen molar-refractivity contribution in [1.82, 2.24) is 5.43 Å². The van der Waals surface area contributed by atoms with Crippen LogP contribution in [0.1, 0.15) is 18.0 Å². The second-order valence-corrected chi connectivity index (χ2v) is 4.41. The number of benzene rings is 1. The average molecular weight is 289 g/mol. The van der Waals surface area contributed by atoms with Crippen LogP contribution in [0.2, 0.25) is 5.02 Å². The summed E-state index contributed by atoms with van der Waals surface area (Å²) >= 11 is 5.99. The van der Waals surface area contributed by atoms with E-state index in [4.69, 9.17) is 31.7 Å². The zero-order valence-electron chi connectivity index (χ0n) is 11.3. The molecule has 0 spiro atoms. The van der Waals surface area contributed by atoms with Crippen molar-refractivity contribution in [2.75, 3.05) is 34.0 Å². The summed E-state index contributed by atoms with van der Waals surface area (Å²) in [5.41, 5.74) is 3.78. The van der Waals surface area contributed by atoms with E-state index in [1.165, 1.54) is 0 Å². The van der Waals surface area contributed by atoms with Gasteiger partial charge < -0.3 is 14.2 Å². The molecule has 0 saturated carbocycles. The van der Waals surface area contributed by atoms with Gasteiger partial charge >= 0.3 is 0 Å². The Morgan fingerprint density at radius 2 is 2.05 bits per heavy atom. The van der Waals surface area contributed by atoms with Crippen LogP contribution >= 0.6 is 11.6 Å². The van der Waals surface area contributed by atoms with Gasteiger partial charge in [0.1, 0.15) is 5.75 Å². The molecule has 0 radical (unpaired) electrons. The van der Waals surface area contributed by atoms with Crippen molar-refractivity contribution >= 4 is 11.6 Å². The van der Waals surface area contributed by atoms with Gasteiger partial charge in [0.25, 0.3) is 0 Å². The summed E-state index contributed by atoms with van der Waals surface area (Å²) < 4.78 is 15.5. The number of hydrogen-bond acceptors (Lipinski definition) is 5. The average Bonchev–Trinajstić information content (AvgIpc) is 2.44. The van der Waals surface area contributed by atoms with E-state index in [2.05, 4.69) is 5.43 Å². The summed E-state index contributed by atoms with van der Waals surface area (Å²) in [5, 5.41) is 0.582. The third-order valence-electron chi connectivity index (χ3n) is 2.76. The first-order valence-electron chi connectivity index (χ1n) is 6.09. The highest BCUT2D eigenvalue weighted by Gasteiger charge is 2.12. The van der Waals surface area contributed by atoms with Crippen molar-refractivity contribution < 1.29 is 14.2 Å². The Morgan fingerprint density at radius 3 is 2.68 bits per heavy atom. The lowest BCUT2D eigenvalue weighted by Gasteiger charge is -2.17. The van der Waals surface area contributed by atoms with E-state index in [1.54, 1.807) is 20.3 Å². The van der Waals surface area contributed by atoms with E-state index in [9.17, 15) is 0 Å².